The lowest BCUT2D eigenvalue weighted by Gasteiger charge is -2.09. The summed E-state index contributed by atoms with van der Waals surface area (Å²) in [5.41, 5.74) is 2.01. The average molecular weight is 273 g/mol. The lowest BCUT2D eigenvalue weighted by Crippen LogP contribution is -2.08. The molecule has 1 unspecified atom stereocenters. The van der Waals surface area contributed by atoms with Crippen LogP contribution in [0.4, 0.5) is 0 Å². The van der Waals surface area contributed by atoms with E-state index in [0.717, 1.165) is 27.4 Å². The first-order valence-electron chi connectivity index (χ1n) is 5.03. The number of nitrogens with zero attached hydrogens (tertiary/aromatic N) is 1. The second-order valence-corrected chi connectivity index (χ2v) is 5.79. The molecule has 0 aliphatic heterocycles. The maximum atomic E-state index is 6.12. The van der Waals surface area contributed by atoms with Gasteiger partial charge >= 0.3 is 0 Å². The highest BCUT2D eigenvalue weighted by molar-refractivity contribution is 7.99. The predicted octanol–water partition coefficient (Wildman–Crippen LogP) is 4.10. The molecule has 16 heavy (non-hydrogen) atoms. The summed E-state index contributed by atoms with van der Waals surface area (Å²) in [5.74, 6) is 0. The summed E-state index contributed by atoms with van der Waals surface area (Å²) < 4.78 is 2.85. The molecule has 0 fully saturated rings. The van der Waals surface area contributed by atoms with Crippen molar-refractivity contribution in [1.29, 1.82) is 0 Å². The molecule has 1 N–H and O–H groups in total. The van der Waals surface area contributed by atoms with E-state index < -0.39 is 0 Å². The van der Waals surface area contributed by atoms with E-state index in [2.05, 4.69) is 22.7 Å². The summed E-state index contributed by atoms with van der Waals surface area (Å²) in [6.45, 7) is 3.09. The first-order valence-corrected chi connectivity index (χ1v) is 7.10. The summed E-state index contributed by atoms with van der Waals surface area (Å²) in [4.78, 5) is 3.16. The van der Waals surface area contributed by atoms with Gasteiger partial charge in [0.05, 0.1) is 16.1 Å². The molecule has 1 aromatic carbocycles. The molecular formula is C11H13ClN2S2. The largest absolute Gasteiger partial charge is 0.329 e. The van der Waals surface area contributed by atoms with Crippen LogP contribution < -0.4 is 0 Å². The minimum absolute atomic E-state index is 0.532. The number of para-hydroxylation sites is 1. The van der Waals surface area contributed by atoms with Crippen molar-refractivity contribution in [1.82, 2.24) is 9.55 Å². The minimum Gasteiger partial charge on any atom is -0.329 e. The fourth-order valence-electron chi connectivity index (χ4n) is 1.66. The first-order chi connectivity index (χ1) is 7.63. The molecule has 0 radical (unpaired) electrons. The van der Waals surface area contributed by atoms with Crippen molar-refractivity contribution >= 4 is 46.6 Å². The smallest absolute Gasteiger partial charge is 0.178 e. The molecule has 1 atom stereocenters. The van der Waals surface area contributed by atoms with Crippen LogP contribution in [0.1, 0.15) is 6.92 Å². The number of rotatable bonds is 3. The van der Waals surface area contributed by atoms with Gasteiger partial charge in [0.15, 0.2) is 4.77 Å². The highest BCUT2D eigenvalue weighted by Gasteiger charge is 2.09. The highest BCUT2D eigenvalue weighted by atomic mass is 35.5. The quantitative estimate of drug-likeness (QED) is 0.849. The zero-order valence-corrected chi connectivity index (χ0v) is 11.5. The number of hydrogen-bond donors (Lipinski definition) is 1. The molecule has 1 heterocycles. The number of aromatic nitrogens is 2. The Kier molecular flexibility index (Phi) is 3.62. The standard InChI is InChI=1S/C11H13ClN2S2/c1-7(16-2)6-14-9-5-3-4-8(12)10(9)13-11(14)15/h3-5,7H,6H2,1-2H3,(H,13,15). The number of halogens is 1. The molecule has 0 saturated carbocycles. The van der Waals surface area contributed by atoms with E-state index in [1.807, 2.05) is 30.0 Å². The van der Waals surface area contributed by atoms with Crippen molar-refractivity contribution in [3.05, 3.63) is 28.0 Å². The molecule has 2 rings (SSSR count). The Morgan fingerprint density at radius 2 is 2.31 bits per heavy atom. The third kappa shape index (κ3) is 2.14. The van der Waals surface area contributed by atoms with Crippen LogP contribution in [0.25, 0.3) is 11.0 Å². The normalized spacial score (nSPS) is 13.2. The Hall–Kier alpha value is -0.450. The number of imidazole rings is 1. The number of thioether (sulfide) groups is 1. The van der Waals surface area contributed by atoms with Crippen molar-refractivity contribution < 1.29 is 0 Å². The summed E-state index contributed by atoms with van der Waals surface area (Å²) in [5, 5.41) is 1.25. The van der Waals surface area contributed by atoms with Gasteiger partial charge in [-0.2, -0.15) is 11.8 Å². The van der Waals surface area contributed by atoms with Gasteiger partial charge in [-0.1, -0.05) is 24.6 Å². The van der Waals surface area contributed by atoms with Crippen LogP contribution in [0.3, 0.4) is 0 Å². The van der Waals surface area contributed by atoms with Gasteiger partial charge in [-0.3, -0.25) is 0 Å². The molecule has 5 heteroatoms. The van der Waals surface area contributed by atoms with Crippen molar-refractivity contribution in [2.75, 3.05) is 6.26 Å². The molecular weight excluding hydrogens is 260 g/mol. The van der Waals surface area contributed by atoms with Crippen LogP contribution in [0, 0.1) is 4.77 Å². The Labute approximate surface area is 109 Å². The third-order valence-corrected chi connectivity index (χ3v) is 4.19. The van der Waals surface area contributed by atoms with E-state index in [0.29, 0.717) is 5.25 Å². The molecule has 0 spiro atoms. The minimum atomic E-state index is 0.532. The molecule has 2 nitrogen and oxygen atoms in total. The number of benzene rings is 1. The Morgan fingerprint density at radius 1 is 1.56 bits per heavy atom. The van der Waals surface area contributed by atoms with Crippen LogP contribution in [-0.4, -0.2) is 21.1 Å². The topological polar surface area (TPSA) is 20.7 Å². The van der Waals surface area contributed by atoms with Gasteiger partial charge < -0.3 is 9.55 Å². The number of hydrogen-bond acceptors (Lipinski definition) is 2. The molecule has 0 bridgehead atoms. The second-order valence-electron chi connectivity index (χ2n) is 3.72. The van der Waals surface area contributed by atoms with Gasteiger partial charge in [0, 0.05) is 11.8 Å². The number of H-pyrrole nitrogens is 1. The molecule has 0 aliphatic rings. The molecule has 1 aromatic heterocycles. The van der Waals surface area contributed by atoms with E-state index >= 15 is 0 Å². The SMILES string of the molecule is CSC(C)Cn1c(=S)[nH]c2c(Cl)cccc21. The summed E-state index contributed by atoms with van der Waals surface area (Å²) >= 11 is 13.3. The zero-order chi connectivity index (χ0) is 11.7. The summed E-state index contributed by atoms with van der Waals surface area (Å²) in [6, 6.07) is 5.87. The van der Waals surface area contributed by atoms with Crippen molar-refractivity contribution in [2.45, 2.75) is 18.7 Å². The lowest BCUT2D eigenvalue weighted by molar-refractivity contribution is 0.702. The monoisotopic (exact) mass is 272 g/mol. The summed E-state index contributed by atoms with van der Waals surface area (Å²) in [6.07, 6.45) is 2.11. The summed E-state index contributed by atoms with van der Waals surface area (Å²) in [7, 11) is 0. The second kappa shape index (κ2) is 4.82. The van der Waals surface area contributed by atoms with Gasteiger partial charge in [0.1, 0.15) is 0 Å². The van der Waals surface area contributed by atoms with Gasteiger partial charge in [0.25, 0.3) is 0 Å². The predicted molar refractivity (Wildman–Crippen MR) is 75.1 cm³/mol. The van der Waals surface area contributed by atoms with Crippen LogP contribution in [-0.2, 0) is 6.54 Å². The maximum Gasteiger partial charge on any atom is 0.178 e. The molecule has 0 saturated heterocycles. The van der Waals surface area contributed by atoms with Crippen LogP contribution in [0.2, 0.25) is 5.02 Å². The zero-order valence-electron chi connectivity index (χ0n) is 9.16. The van der Waals surface area contributed by atoms with Gasteiger partial charge in [0.2, 0.25) is 0 Å². The Bertz CT molecular complexity index is 559. The fourth-order valence-corrected chi connectivity index (χ4v) is 2.45. The lowest BCUT2D eigenvalue weighted by atomic mass is 10.3. The number of fused-ring (bicyclic) bond motifs is 1. The number of nitrogens with one attached hydrogen (secondary N) is 1. The number of aromatic amines is 1. The molecule has 0 amide bonds. The van der Waals surface area contributed by atoms with Crippen LogP contribution in [0.5, 0.6) is 0 Å². The van der Waals surface area contributed by atoms with Crippen molar-refractivity contribution in [3.8, 4) is 0 Å². The van der Waals surface area contributed by atoms with E-state index in [1.54, 1.807) is 0 Å². The molecule has 0 aliphatic carbocycles. The molecule has 2 aromatic rings. The van der Waals surface area contributed by atoms with Crippen molar-refractivity contribution in [2.24, 2.45) is 0 Å². The van der Waals surface area contributed by atoms with E-state index in [4.69, 9.17) is 23.8 Å². The van der Waals surface area contributed by atoms with E-state index in [9.17, 15) is 0 Å². The Morgan fingerprint density at radius 3 is 3.00 bits per heavy atom. The maximum absolute atomic E-state index is 6.12. The average Bonchev–Trinajstić information content (AvgIpc) is 2.58. The van der Waals surface area contributed by atoms with Crippen molar-refractivity contribution in [3.63, 3.8) is 0 Å². The van der Waals surface area contributed by atoms with Crippen LogP contribution in [0.15, 0.2) is 18.2 Å². The van der Waals surface area contributed by atoms with Gasteiger partial charge in [-0.15, -0.1) is 0 Å². The Balaban J connectivity index is 2.57. The van der Waals surface area contributed by atoms with Crippen LogP contribution >= 0.6 is 35.6 Å². The van der Waals surface area contributed by atoms with Gasteiger partial charge in [-0.25, -0.2) is 0 Å². The molecule has 86 valence electrons. The first kappa shape index (κ1) is 12.0. The van der Waals surface area contributed by atoms with E-state index in [-0.39, 0.29) is 0 Å². The van der Waals surface area contributed by atoms with E-state index in [1.165, 1.54) is 0 Å². The highest BCUT2D eigenvalue weighted by Crippen LogP contribution is 2.23. The fraction of sp³-hybridized carbons (Fsp3) is 0.364. The third-order valence-electron chi connectivity index (χ3n) is 2.60. The van der Waals surface area contributed by atoms with Gasteiger partial charge in [-0.05, 0) is 30.6 Å².